The monoisotopic (exact) mass is 1660 g/mol. The number of hydrogen-bond acceptors (Lipinski definition) is 30. The van der Waals surface area contributed by atoms with Crippen molar-refractivity contribution in [3.05, 3.63) is 81.8 Å². The van der Waals surface area contributed by atoms with Gasteiger partial charge in [0.05, 0.1) is 26.4 Å². The van der Waals surface area contributed by atoms with Crippen LogP contribution in [0.5, 0.6) is 46.0 Å². The third kappa shape index (κ3) is 22.5. The summed E-state index contributed by atoms with van der Waals surface area (Å²) in [5.41, 5.74) is 3.40. The Bertz CT molecular complexity index is 3750. The van der Waals surface area contributed by atoms with E-state index in [1.165, 1.54) is 0 Å². The van der Waals surface area contributed by atoms with Crippen LogP contribution in [0.1, 0.15) is 22.3 Å². The minimum atomic E-state index is -2.94. The van der Waals surface area contributed by atoms with E-state index in [0.29, 0.717) is 241 Å². The summed E-state index contributed by atoms with van der Waals surface area (Å²) in [6.45, 7) is 9.72. The molecule has 0 saturated heterocycles. The average molecular weight is 1660 g/mol. The van der Waals surface area contributed by atoms with Crippen molar-refractivity contribution in [1.29, 1.82) is 0 Å². The van der Waals surface area contributed by atoms with Crippen molar-refractivity contribution >= 4 is 81.4 Å². The summed E-state index contributed by atoms with van der Waals surface area (Å²) in [7, 11) is 13.0. The molecular formula is C72H96N8O24Pb. The number of methoxy groups -OCH3 is 8. The minimum absolute atomic E-state index is 0.161. The van der Waals surface area contributed by atoms with Gasteiger partial charge in [-0.05, 0) is 0 Å². The van der Waals surface area contributed by atoms with Gasteiger partial charge in [0.15, 0.2) is 0 Å². The molecular weight excluding hydrogens is 1570 g/mol. The number of aromatic nitrogens is 2. The van der Waals surface area contributed by atoms with E-state index >= 15 is 0 Å². The molecule has 0 saturated carbocycles. The molecule has 0 atom stereocenters. The maximum atomic E-state index is 6.68. The third-order valence-corrected chi connectivity index (χ3v) is 20.8. The first-order chi connectivity index (χ1) is 51.8. The molecule has 6 bridgehead atoms. The van der Waals surface area contributed by atoms with Gasteiger partial charge in [-0.15, -0.1) is 0 Å². The van der Waals surface area contributed by atoms with E-state index in [0.717, 1.165) is 0 Å². The summed E-state index contributed by atoms with van der Waals surface area (Å²) in [5.74, 6) is 5.57. The van der Waals surface area contributed by atoms with Gasteiger partial charge >= 0.3 is 524 Å². The van der Waals surface area contributed by atoms with Crippen LogP contribution in [0, 0.1) is 0 Å². The van der Waals surface area contributed by atoms with Crippen molar-refractivity contribution in [2.45, 2.75) is 0 Å². The zero-order chi connectivity index (χ0) is 73.2. The van der Waals surface area contributed by atoms with E-state index in [-0.39, 0.29) is 106 Å². The Labute approximate surface area is 622 Å². The third-order valence-electron chi connectivity index (χ3n) is 15.9. The molecule has 4 aliphatic rings. The van der Waals surface area contributed by atoms with E-state index in [1.807, 2.05) is 48.5 Å². The van der Waals surface area contributed by atoms with E-state index in [1.54, 1.807) is 56.9 Å². The molecule has 105 heavy (non-hydrogen) atoms. The zero-order valence-electron chi connectivity index (χ0n) is 61.1. The number of amidine groups is 4. The van der Waals surface area contributed by atoms with Gasteiger partial charge in [0, 0.05) is 56.9 Å². The molecule has 0 spiro atoms. The van der Waals surface area contributed by atoms with Gasteiger partial charge in [-0.1, -0.05) is 0 Å². The predicted molar refractivity (Wildman–Crippen MR) is 387 cm³/mol. The van der Waals surface area contributed by atoms with Crippen LogP contribution in [-0.2, 0) is 75.8 Å². The van der Waals surface area contributed by atoms with Crippen LogP contribution < -0.4 is 48.9 Å². The molecule has 0 fully saturated rings. The maximum absolute atomic E-state index is 6.68. The first-order valence-corrected chi connectivity index (χ1v) is 38.3. The summed E-state index contributed by atoms with van der Waals surface area (Å²) >= 11 is -2.94. The summed E-state index contributed by atoms with van der Waals surface area (Å²) in [6, 6.07) is 15.2. The Morgan fingerprint density at radius 1 is 0.219 bits per heavy atom. The molecule has 32 nitrogen and oxygen atoms in total. The Balaban J connectivity index is 1.26. The number of ether oxygens (including phenoxy) is 24. The van der Waals surface area contributed by atoms with Gasteiger partial charge in [-0.25, -0.2) is 0 Å². The number of benzene rings is 4. The standard InChI is InChI=1S/C72H96N8O24.Pb/c1-81-9-17-89-25-33-97-57-41-49-50(42-58(57)98-34-26-90-18-10-82-2)66-73-65(49)77-67-51-43-59(99-35-27-91-19-11-83-3)60(100-36-28-92-20-12-84-4)44-52(51)69(74-67)79-71-55-47-63(103-39-31-95-23-15-87-7)64(104-40-32-96-24-16-88-8)48-56(55)72(76-71)80-70-54-46-62(102-38-30-94-22-14-86-6)61(45-53(54)68(75-70)78-66)101-37-29-93-21-13-85-5;/h41-48H,9-40H2,1-8H3;/q-2;+2. The van der Waals surface area contributed by atoms with Crippen molar-refractivity contribution in [3.8, 4) is 46.0 Å². The van der Waals surface area contributed by atoms with E-state index in [4.69, 9.17) is 144 Å². The van der Waals surface area contributed by atoms with Gasteiger partial charge in [0.25, 0.3) is 0 Å². The molecule has 0 amide bonds. The molecule has 0 aliphatic carbocycles. The molecule has 572 valence electrons. The fourth-order valence-corrected chi connectivity index (χ4v) is 15.8. The molecule has 0 unspecified atom stereocenters. The van der Waals surface area contributed by atoms with E-state index in [2.05, 4.69) is 4.75 Å². The van der Waals surface area contributed by atoms with Crippen molar-refractivity contribution in [1.82, 2.24) is 4.75 Å². The predicted octanol–water partition coefficient (Wildman–Crippen LogP) is 4.80. The van der Waals surface area contributed by atoms with Crippen LogP contribution in [0.25, 0.3) is 21.5 Å². The van der Waals surface area contributed by atoms with Crippen LogP contribution >= 0.6 is 0 Å². The van der Waals surface area contributed by atoms with E-state index in [9.17, 15) is 0 Å². The summed E-state index contributed by atoms with van der Waals surface area (Å²) in [6.07, 6.45) is 0. The first-order valence-electron chi connectivity index (χ1n) is 34.8. The van der Waals surface area contributed by atoms with Crippen molar-refractivity contribution in [3.63, 3.8) is 0 Å². The number of aliphatic imine (C=N–C) groups is 4. The molecule has 2 aromatic heterocycles. The quantitative estimate of drug-likeness (QED) is 0.0365. The molecule has 2 radical (unpaired) electrons. The molecule has 4 aliphatic heterocycles. The Morgan fingerprint density at radius 2 is 0.419 bits per heavy atom. The number of nitrogens with zero attached hydrogens (tertiary/aromatic N) is 8. The fourth-order valence-electron chi connectivity index (χ4n) is 10.9. The van der Waals surface area contributed by atoms with Crippen molar-refractivity contribution in [2.24, 2.45) is 30.0 Å². The first kappa shape index (κ1) is 80.5. The molecule has 0 N–H and O–H groups in total. The normalized spacial score (nSPS) is 13.2. The number of fused-ring (bicyclic) bond motifs is 14. The van der Waals surface area contributed by atoms with E-state index < -0.39 is 24.8 Å². The van der Waals surface area contributed by atoms with Crippen LogP contribution in [0.15, 0.2) is 78.5 Å². The van der Waals surface area contributed by atoms with Crippen LogP contribution in [0.4, 0.5) is 11.6 Å². The topological polar surface area (TPSA) is 306 Å². The second kappa shape index (κ2) is 44.3. The van der Waals surface area contributed by atoms with Crippen molar-refractivity contribution in [2.75, 3.05) is 268 Å². The van der Waals surface area contributed by atoms with Gasteiger partial charge in [0.1, 0.15) is 0 Å². The summed E-state index contributed by atoms with van der Waals surface area (Å²) < 4.78 is 147. The molecule has 4 aromatic carbocycles. The van der Waals surface area contributed by atoms with Crippen LogP contribution in [0.2, 0.25) is 0 Å². The van der Waals surface area contributed by atoms with Gasteiger partial charge < -0.3 is 18.9 Å². The fraction of sp³-hybridized carbons (Fsp3) is 0.556. The Kier molecular flexibility index (Phi) is 33.9. The zero-order valence-corrected chi connectivity index (χ0v) is 65.0. The van der Waals surface area contributed by atoms with Gasteiger partial charge in [-0.2, -0.15) is 0 Å². The molecule has 6 aromatic rings. The molecule has 33 heteroatoms. The van der Waals surface area contributed by atoms with Crippen molar-refractivity contribution < 1.29 is 114 Å². The Hall–Kier alpha value is -7.08. The van der Waals surface area contributed by atoms with Crippen LogP contribution in [-0.4, -0.2) is 321 Å². The number of hydrogen-bond donors (Lipinski definition) is 0. The molecule has 10 rings (SSSR count). The van der Waals surface area contributed by atoms with Gasteiger partial charge in [-0.3, -0.25) is 0 Å². The number of rotatable bonds is 56. The summed E-state index contributed by atoms with van der Waals surface area (Å²) in [5, 5.41) is 2.59. The van der Waals surface area contributed by atoms with Gasteiger partial charge in [0.2, 0.25) is 0 Å². The van der Waals surface area contributed by atoms with Crippen LogP contribution in [0.3, 0.4) is 0 Å². The SMILES string of the molecule is COCCOCCOc1cc2c(cc1OCCOCCOC)C1=Nc3c4cc(OCCOCCOC)c(OCCOCCOC)cc4c4[n]3[Pb][n]3c(c5cc(OCCOCCOC)c(OCCOCCOC)cc5c3=NC3=NC(=N4)c4cc(OCCOCCOC)c(OCCOCCOC)cc43)=NC2=N1. The Morgan fingerprint density at radius 3 is 0.648 bits per heavy atom. The second-order valence-corrected chi connectivity index (χ2v) is 27.3. The summed E-state index contributed by atoms with van der Waals surface area (Å²) in [4.78, 5) is 33.5. The molecule has 6 heterocycles. The second-order valence-electron chi connectivity index (χ2n) is 23.0. The average Bonchev–Trinajstić information content (AvgIpc) is 1.56.